The third-order valence-electron chi connectivity index (χ3n) is 5.64. The molecule has 0 unspecified atom stereocenters. The van der Waals surface area contributed by atoms with E-state index in [1.54, 1.807) is 33.5 Å². The van der Waals surface area contributed by atoms with Gasteiger partial charge in [-0.3, -0.25) is 9.69 Å². The second kappa shape index (κ2) is 12.6. The highest BCUT2D eigenvalue weighted by atomic mass is 32.2. The van der Waals surface area contributed by atoms with Gasteiger partial charge in [-0.05, 0) is 24.6 Å². The fourth-order valence-electron chi connectivity index (χ4n) is 3.91. The largest absolute Gasteiger partial charge is 0.493 e. The average molecular weight is 471 g/mol. The summed E-state index contributed by atoms with van der Waals surface area (Å²) in [4.78, 5) is 18.0. The Morgan fingerprint density at radius 1 is 1.03 bits per heavy atom. The molecule has 0 bridgehead atoms. The van der Waals surface area contributed by atoms with Gasteiger partial charge >= 0.3 is 0 Å². The topological polar surface area (TPSA) is 51.2 Å². The van der Waals surface area contributed by atoms with Crippen LogP contribution in [0.5, 0.6) is 17.2 Å². The monoisotopic (exact) mass is 470 g/mol. The first-order valence-corrected chi connectivity index (χ1v) is 12.3. The Kier molecular flexibility index (Phi) is 9.51. The molecule has 6 nitrogen and oxygen atoms in total. The number of nitrogens with zero attached hydrogens (tertiary/aromatic N) is 2. The van der Waals surface area contributed by atoms with Crippen LogP contribution >= 0.6 is 11.8 Å². The quantitative estimate of drug-likeness (QED) is 0.516. The minimum absolute atomic E-state index is 0.0542. The summed E-state index contributed by atoms with van der Waals surface area (Å²) in [6.45, 7) is 6.26. The third-order valence-corrected chi connectivity index (χ3v) is 6.58. The van der Waals surface area contributed by atoms with Crippen molar-refractivity contribution >= 4 is 23.7 Å². The van der Waals surface area contributed by atoms with E-state index in [9.17, 15) is 4.79 Å². The highest BCUT2D eigenvalue weighted by Gasteiger charge is 2.22. The Labute approximate surface area is 201 Å². The lowest BCUT2D eigenvalue weighted by Crippen LogP contribution is -2.42. The van der Waals surface area contributed by atoms with E-state index in [-0.39, 0.29) is 5.91 Å². The number of methoxy groups -OCH3 is 3. The van der Waals surface area contributed by atoms with Crippen LogP contribution in [-0.4, -0.2) is 81.3 Å². The number of carbonyl (C=O) groups excluding carboxylic acids is 1. The molecular formula is C26H34N2O4S. The van der Waals surface area contributed by atoms with Crippen LogP contribution in [0.3, 0.4) is 0 Å². The van der Waals surface area contributed by atoms with Crippen LogP contribution in [-0.2, 0) is 0 Å². The molecule has 0 radical (unpaired) electrons. The van der Waals surface area contributed by atoms with Gasteiger partial charge in [0, 0.05) is 49.8 Å². The smallest absolute Gasteiger partial charge is 0.254 e. The van der Waals surface area contributed by atoms with Gasteiger partial charge in [-0.25, -0.2) is 0 Å². The predicted molar refractivity (Wildman–Crippen MR) is 136 cm³/mol. The van der Waals surface area contributed by atoms with E-state index >= 15 is 0 Å². The third kappa shape index (κ3) is 6.92. The van der Waals surface area contributed by atoms with Gasteiger partial charge < -0.3 is 19.1 Å². The van der Waals surface area contributed by atoms with Crippen LogP contribution in [0.25, 0.3) is 6.08 Å². The second-order valence-electron chi connectivity index (χ2n) is 8.00. The molecule has 1 saturated heterocycles. The van der Waals surface area contributed by atoms with Crippen LogP contribution < -0.4 is 14.2 Å². The van der Waals surface area contributed by atoms with Crippen molar-refractivity contribution < 1.29 is 19.0 Å². The van der Waals surface area contributed by atoms with Gasteiger partial charge in [-0.15, -0.1) is 0 Å². The van der Waals surface area contributed by atoms with Gasteiger partial charge in [0.2, 0.25) is 5.75 Å². The maximum Gasteiger partial charge on any atom is 0.254 e. The molecule has 178 valence electrons. The highest BCUT2D eigenvalue weighted by molar-refractivity contribution is 7.99. The molecule has 2 aromatic carbocycles. The summed E-state index contributed by atoms with van der Waals surface area (Å²) < 4.78 is 16.4. The number of hydrogen-bond donors (Lipinski definition) is 0. The van der Waals surface area contributed by atoms with Gasteiger partial charge in [-0.1, -0.05) is 42.0 Å². The van der Waals surface area contributed by atoms with Gasteiger partial charge in [0.15, 0.2) is 11.5 Å². The van der Waals surface area contributed by atoms with Crippen molar-refractivity contribution in [3.63, 3.8) is 0 Å². The summed E-state index contributed by atoms with van der Waals surface area (Å²) in [5, 5.41) is 0. The van der Waals surface area contributed by atoms with Crippen molar-refractivity contribution in [3.05, 3.63) is 59.2 Å². The van der Waals surface area contributed by atoms with Crippen molar-refractivity contribution in [2.75, 3.05) is 65.6 Å². The number of benzene rings is 2. The van der Waals surface area contributed by atoms with Crippen LogP contribution in [0.4, 0.5) is 0 Å². The summed E-state index contributed by atoms with van der Waals surface area (Å²) in [6.07, 6.45) is 2.13. The Morgan fingerprint density at radius 2 is 1.67 bits per heavy atom. The maximum atomic E-state index is 13.7. The molecule has 0 aliphatic carbocycles. The molecule has 2 aromatic rings. The summed E-state index contributed by atoms with van der Waals surface area (Å²) in [5.41, 5.74) is 2.77. The second-order valence-corrected chi connectivity index (χ2v) is 9.22. The molecule has 1 aliphatic rings. The SMILES string of the molecule is COc1cc(C(=O)N(CCN2CCSCC2)C/C(C)=C/c2ccccc2)cc(OC)c1OC. The number of rotatable bonds is 10. The minimum Gasteiger partial charge on any atom is -0.493 e. The summed E-state index contributed by atoms with van der Waals surface area (Å²) in [6, 6.07) is 13.6. The maximum absolute atomic E-state index is 13.7. The summed E-state index contributed by atoms with van der Waals surface area (Å²) in [5.74, 6) is 3.67. The molecule has 1 aliphatic heterocycles. The van der Waals surface area contributed by atoms with Gasteiger partial charge in [0.25, 0.3) is 5.91 Å². The zero-order valence-electron chi connectivity index (χ0n) is 20.0. The first-order valence-electron chi connectivity index (χ1n) is 11.2. The molecule has 3 rings (SSSR count). The molecule has 0 aromatic heterocycles. The summed E-state index contributed by atoms with van der Waals surface area (Å²) in [7, 11) is 4.68. The van der Waals surface area contributed by atoms with Gasteiger partial charge in [0.05, 0.1) is 21.3 Å². The Morgan fingerprint density at radius 3 is 2.24 bits per heavy atom. The average Bonchev–Trinajstić information content (AvgIpc) is 2.86. The first kappa shape index (κ1) is 25.0. The molecule has 1 heterocycles. The van der Waals surface area contributed by atoms with Crippen LogP contribution in [0.15, 0.2) is 48.0 Å². The lowest BCUT2D eigenvalue weighted by atomic mass is 10.1. The van der Waals surface area contributed by atoms with E-state index < -0.39 is 0 Å². The highest BCUT2D eigenvalue weighted by Crippen LogP contribution is 2.38. The van der Waals surface area contributed by atoms with E-state index in [4.69, 9.17) is 14.2 Å². The molecule has 0 N–H and O–H groups in total. The first-order chi connectivity index (χ1) is 16.0. The van der Waals surface area contributed by atoms with Crippen molar-refractivity contribution in [3.8, 4) is 17.2 Å². The molecule has 7 heteroatoms. The van der Waals surface area contributed by atoms with E-state index in [0.717, 1.165) is 42.3 Å². The van der Waals surface area contributed by atoms with E-state index in [1.165, 1.54) is 0 Å². The molecule has 1 amide bonds. The van der Waals surface area contributed by atoms with Crippen molar-refractivity contribution in [2.24, 2.45) is 0 Å². The van der Waals surface area contributed by atoms with Gasteiger partial charge in [-0.2, -0.15) is 11.8 Å². The zero-order valence-corrected chi connectivity index (χ0v) is 20.8. The van der Waals surface area contributed by atoms with E-state index in [0.29, 0.717) is 35.9 Å². The van der Waals surface area contributed by atoms with E-state index in [2.05, 4.69) is 30.0 Å². The van der Waals surface area contributed by atoms with Crippen LogP contribution in [0, 0.1) is 0 Å². The Bertz CT molecular complexity index is 918. The fourth-order valence-corrected chi connectivity index (χ4v) is 4.89. The molecule has 0 atom stereocenters. The lowest BCUT2D eigenvalue weighted by molar-refractivity contribution is 0.0752. The standard InChI is InChI=1S/C26H34N2O4S/c1-20(16-21-8-6-5-7-9-21)19-28(11-10-27-12-14-33-15-13-27)26(29)22-17-23(30-2)25(32-4)24(18-22)31-3/h5-9,16-18H,10-15,19H2,1-4H3/b20-16+. The number of hydrogen-bond acceptors (Lipinski definition) is 6. The zero-order chi connectivity index (χ0) is 23.6. The lowest BCUT2D eigenvalue weighted by Gasteiger charge is -2.30. The van der Waals surface area contributed by atoms with E-state index in [1.807, 2.05) is 34.9 Å². The number of thioether (sulfide) groups is 1. The van der Waals surface area contributed by atoms with Gasteiger partial charge in [0.1, 0.15) is 0 Å². The van der Waals surface area contributed by atoms with Crippen molar-refractivity contribution in [2.45, 2.75) is 6.92 Å². The summed E-state index contributed by atoms with van der Waals surface area (Å²) >= 11 is 1.99. The number of ether oxygens (including phenoxy) is 3. The molecule has 0 spiro atoms. The molecule has 33 heavy (non-hydrogen) atoms. The predicted octanol–water partition coefficient (Wildman–Crippen LogP) is 4.31. The number of carbonyl (C=O) groups is 1. The van der Waals surface area contributed by atoms with Crippen molar-refractivity contribution in [1.29, 1.82) is 0 Å². The molecular weight excluding hydrogens is 436 g/mol. The minimum atomic E-state index is -0.0542. The van der Waals surface area contributed by atoms with Crippen LogP contribution in [0.1, 0.15) is 22.8 Å². The Balaban J connectivity index is 1.85. The normalized spacial score (nSPS) is 14.6. The van der Waals surface area contributed by atoms with Crippen LogP contribution in [0.2, 0.25) is 0 Å². The fraction of sp³-hybridized carbons (Fsp3) is 0.423. The number of amides is 1. The Hall–Kier alpha value is -2.64. The molecule has 1 fully saturated rings. The molecule has 0 saturated carbocycles. The van der Waals surface area contributed by atoms with Crippen molar-refractivity contribution in [1.82, 2.24) is 9.80 Å².